The van der Waals surface area contributed by atoms with E-state index in [9.17, 15) is 9.59 Å². The maximum atomic E-state index is 12.6. The third kappa shape index (κ3) is 6.08. The molecule has 1 saturated heterocycles. The maximum absolute atomic E-state index is 12.6. The number of benzene rings is 2. The molecule has 0 saturated carbocycles. The van der Waals surface area contributed by atoms with E-state index in [0.29, 0.717) is 12.2 Å². The lowest BCUT2D eigenvalue weighted by atomic mass is 10.0. The third-order valence-electron chi connectivity index (χ3n) is 6.20. The summed E-state index contributed by atoms with van der Waals surface area (Å²) < 4.78 is 0. The molecule has 2 aromatic rings. The van der Waals surface area contributed by atoms with Crippen molar-refractivity contribution in [2.24, 2.45) is 0 Å². The Morgan fingerprint density at radius 2 is 1.59 bits per heavy atom. The van der Waals surface area contributed by atoms with Gasteiger partial charge in [-0.05, 0) is 61.9 Å². The van der Waals surface area contributed by atoms with E-state index < -0.39 is 11.8 Å². The molecule has 3 rings (SSSR count). The fourth-order valence-electron chi connectivity index (χ4n) is 3.86. The smallest absolute Gasteiger partial charge is 0.313 e. The topological polar surface area (TPSA) is 67.9 Å². The normalized spacial score (nSPS) is 15.8. The first-order chi connectivity index (χ1) is 15.2. The molecule has 7 nitrogen and oxygen atoms in total. The summed E-state index contributed by atoms with van der Waals surface area (Å²) in [6.07, 6.45) is 0. The minimum absolute atomic E-state index is 0.0123. The number of aryl methyl sites for hydroxylation is 2. The van der Waals surface area contributed by atoms with Crippen LogP contribution in [-0.4, -0.2) is 75.5 Å². The van der Waals surface area contributed by atoms with E-state index in [1.54, 1.807) is 0 Å². The summed E-state index contributed by atoms with van der Waals surface area (Å²) >= 11 is 0. The van der Waals surface area contributed by atoms with Gasteiger partial charge in [-0.3, -0.25) is 14.5 Å². The molecule has 32 heavy (non-hydrogen) atoms. The lowest BCUT2D eigenvalue weighted by Gasteiger charge is -2.38. The fourth-order valence-corrected chi connectivity index (χ4v) is 3.86. The Labute approximate surface area is 191 Å². The first-order valence-corrected chi connectivity index (χ1v) is 11.1. The summed E-state index contributed by atoms with van der Waals surface area (Å²) in [4.78, 5) is 31.8. The zero-order chi connectivity index (χ0) is 23.3. The second-order valence-corrected chi connectivity index (χ2v) is 8.80. The number of amides is 2. The van der Waals surface area contributed by atoms with E-state index in [4.69, 9.17) is 0 Å². The van der Waals surface area contributed by atoms with Crippen molar-refractivity contribution in [2.75, 3.05) is 64.1 Å². The second-order valence-electron chi connectivity index (χ2n) is 8.80. The van der Waals surface area contributed by atoms with Gasteiger partial charge in [-0.2, -0.15) is 0 Å². The van der Waals surface area contributed by atoms with Crippen LogP contribution in [0.4, 0.5) is 11.4 Å². The average Bonchev–Trinajstić information content (AvgIpc) is 2.77. The van der Waals surface area contributed by atoms with Crippen LogP contribution in [0.3, 0.4) is 0 Å². The molecule has 2 N–H and O–H groups in total. The Balaban J connectivity index is 1.67. The number of rotatable bonds is 6. The summed E-state index contributed by atoms with van der Waals surface area (Å²) in [5, 5.41) is 5.56. The third-order valence-corrected chi connectivity index (χ3v) is 6.20. The largest absolute Gasteiger partial charge is 0.378 e. The number of carbonyl (C=O) groups is 2. The fraction of sp³-hybridized carbons (Fsp3) is 0.440. The number of anilines is 2. The van der Waals surface area contributed by atoms with E-state index in [2.05, 4.69) is 56.6 Å². The molecular weight excluding hydrogens is 402 g/mol. The van der Waals surface area contributed by atoms with Crippen molar-refractivity contribution in [3.63, 3.8) is 0 Å². The van der Waals surface area contributed by atoms with Crippen molar-refractivity contribution < 1.29 is 9.59 Å². The van der Waals surface area contributed by atoms with Gasteiger partial charge < -0.3 is 20.4 Å². The molecular formula is C25H35N5O2. The molecule has 7 heteroatoms. The molecule has 0 unspecified atom stereocenters. The minimum Gasteiger partial charge on any atom is -0.378 e. The monoisotopic (exact) mass is 437 g/mol. The molecule has 0 aromatic heterocycles. The Bertz CT molecular complexity index is 934. The van der Waals surface area contributed by atoms with Crippen molar-refractivity contribution in [3.8, 4) is 0 Å². The predicted molar refractivity (Wildman–Crippen MR) is 130 cm³/mol. The highest BCUT2D eigenvalue weighted by molar-refractivity contribution is 6.39. The van der Waals surface area contributed by atoms with Gasteiger partial charge in [0, 0.05) is 58.2 Å². The number of carbonyl (C=O) groups excluding carboxylic acids is 2. The van der Waals surface area contributed by atoms with Crippen LogP contribution in [0.1, 0.15) is 22.7 Å². The van der Waals surface area contributed by atoms with Crippen LogP contribution in [0.25, 0.3) is 0 Å². The molecule has 2 amide bonds. The first kappa shape index (κ1) is 23.8. The summed E-state index contributed by atoms with van der Waals surface area (Å²) in [5.74, 6) is -1.26. The van der Waals surface area contributed by atoms with E-state index >= 15 is 0 Å². The number of hydrogen-bond donors (Lipinski definition) is 2. The summed E-state index contributed by atoms with van der Waals surface area (Å²) in [6, 6.07) is 14.0. The van der Waals surface area contributed by atoms with Gasteiger partial charge in [-0.1, -0.05) is 18.2 Å². The molecule has 172 valence electrons. The van der Waals surface area contributed by atoms with Gasteiger partial charge in [0.15, 0.2) is 0 Å². The average molecular weight is 438 g/mol. The van der Waals surface area contributed by atoms with Crippen LogP contribution in [0.5, 0.6) is 0 Å². The molecule has 1 aliphatic rings. The van der Waals surface area contributed by atoms with Gasteiger partial charge >= 0.3 is 11.8 Å². The highest BCUT2D eigenvalue weighted by Gasteiger charge is 2.25. The lowest BCUT2D eigenvalue weighted by Crippen LogP contribution is -2.49. The second kappa shape index (κ2) is 10.6. The number of piperazine rings is 1. The quantitative estimate of drug-likeness (QED) is 0.680. The SMILES string of the molecule is Cc1ccc(NC(=O)C(=O)NC[C@H](c2ccc(N(C)C)cc2)N2CCN(C)CC2)cc1C. The van der Waals surface area contributed by atoms with Gasteiger partial charge in [0.25, 0.3) is 0 Å². The van der Waals surface area contributed by atoms with E-state index in [1.807, 2.05) is 46.1 Å². The molecule has 1 fully saturated rings. The minimum atomic E-state index is -0.645. The number of hydrogen-bond acceptors (Lipinski definition) is 5. The zero-order valence-corrected chi connectivity index (χ0v) is 19.8. The zero-order valence-electron chi connectivity index (χ0n) is 19.8. The molecule has 1 heterocycles. The Morgan fingerprint density at radius 1 is 0.938 bits per heavy atom. The molecule has 0 radical (unpaired) electrons. The number of likely N-dealkylation sites (N-methyl/N-ethyl adjacent to an activating group) is 1. The van der Waals surface area contributed by atoms with Gasteiger partial charge in [0.05, 0.1) is 6.04 Å². The molecule has 0 spiro atoms. The van der Waals surface area contributed by atoms with E-state index in [-0.39, 0.29) is 6.04 Å². The summed E-state index contributed by atoms with van der Waals surface area (Å²) in [5.41, 5.74) is 5.10. The van der Waals surface area contributed by atoms with Crippen LogP contribution in [0.15, 0.2) is 42.5 Å². The molecule has 1 atom stereocenters. The standard InChI is InChI=1S/C25H35N5O2/c1-18-6-9-21(16-19(18)2)27-25(32)24(31)26-17-23(30-14-12-29(5)13-15-30)20-7-10-22(11-8-20)28(3)4/h6-11,16,23H,12-15,17H2,1-5H3,(H,26,31)(H,27,32)/t23-/m1/s1. The van der Waals surface area contributed by atoms with Gasteiger partial charge in [-0.25, -0.2) is 0 Å². The van der Waals surface area contributed by atoms with Crippen LogP contribution in [-0.2, 0) is 9.59 Å². The number of nitrogens with zero attached hydrogens (tertiary/aromatic N) is 3. The Hall–Kier alpha value is -2.90. The summed E-state index contributed by atoms with van der Waals surface area (Å²) in [6.45, 7) is 8.16. The first-order valence-electron chi connectivity index (χ1n) is 11.1. The van der Waals surface area contributed by atoms with E-state index in [0.717, 1.165) is 48.6 Å². The van der Waals surface area contributed by atoms with Crippen molar-refractivity contribution >= 4 is 23.2 Å². The molecule has 0 aliphatic carbocycles. The van der Waals surface area contributed by atoms with Gasteiger partial charge in [0.1, 0.15) is 0 Å². The Morgan fingerprint density at radius 3 is 2.19 bits per heavy atom. The maximum Gasteiger partial charge on any atom is 0.313 e. The molecule has 1 aliphatic heterocycles. The van der Waals surface area contributed by atoms with Crippen molar-refractivity contribution in [2.45, 2.75) is 19.9 Å². The van der Waals surface area contributed by atoms with E-state index in [1.165, 1.54) is 0 Å². The van der Waals surface area contributed by atoms with Gasteiger partial charge in [0.2, 0.25) is 0 Å². The Kier molecular flexibility index (Phi) is 7.88. The predicted octanol–water partition coefficient (Wildman–Crippen LogP) is 2.41. The molecule has 0 bridgehead atoms. The lowest BCUT2D eigenvalue weighted by molar-refractivity contribution is -0.136. The highest BCUT2D eigenvalue weighted by Crippen LogP contribution is 2.24. The van der Waals surface area contributed by atoms with Crippen LogP contribution in [0, 0.1) is 13.8 Å². The summed E-state index contributed by atoms with van der Waals surface area (Å²) in [7, 11) is 6.15. The van der Waals surface area contributed by atoms with Crippen LogP contribution in [0.2, 0.25) is 0 Å². The van der Waals surface area contributed by atoms with Crippen LogP contribution < -0.4 is 15.5 Å². The van der Waals surface area contributed by atoms with Crippen LogP contribution >= 0.6 is 0 Å². The number of nitrogens with one attached hydrogen (secondary N) is 2. The van der Waals surface area contributed by atoms with Crippen molar-refractivity contribution in [1.29, 1.82) is 0 Å². The van der Waals surface area contributed by atoms with Gasteiger partial charge in [-0.15, -0.1) is 0 Å². The van der Waals surface area contributed by atoms with Crippen molar-refractivity contribution in [3.05, 3.63) is 59.2 Å². The molecule has 2 aromatic carbocycles. The van der Waals surface area contributed by atoms with Crippen molar-refractivity contribution in [1.82, 2.24) is 15.1 Å². The highest BCUT2D eigenvalue weighted by atomic mass is 16.2.